The lowest BCUT2D eigenvalue weighted by molar-refractivity contribution is 0.0958. The molecule has 1 aromatic carbocycles. The summed E-state index contributed by atoms with van der Waals surface area (Å²) in [7, 11) is 0. The number of halogens is 1. The molecular formula is C20H23FN2O2S. The third kappa shape index (κ3) is 3.96. The van der Waals surface area contributed by atoms with Gasteiger partial charge in [0.25, 0.3) is 5.91 Å². The van der Waals surface area contributed by atoms with Crippen molar-refractivity contribution in [3.05, 3.63) is 51.0 Å². The molecule has 1 aliphatic carbocycles. The third-order valence-electron chi connectivity index (χ3n) is 4.88. The summed E-state index contributed by atoms with van der Waals surface area (Å²) in [6.45, 7) is 4.04. The molecule has 0 unspecified atom stereocenters. The number of nitrogens with zero attached hydrogens (tertiary/aromatic N) is 1. The van der Waals surface area contributed by atoms with Crippen molar-refractivity contribution < 1.29 is 14.3 Å². The predicted octanol–water partition coefficient (Wildman–Crippen LogP) is 4.65. The van der Waals surface area contributed by atoms with Crippen LogP contribution in [0.4, 0.5) is 4.39 Å². The van der Waals surface area contributed by atoms with E-state index < -0.39 is 5.82 Å². The van der Waals surface area contributed by atoms with E-state index in [1.807, 2.05) is 13.0 Å². The van der Waals surface area contributed by atoms with Crippen molar-refractivity contribution in [2.24, 2.45) is 11.0 Å². The standard InChI is InChI=1S/C20H23FN2O2S/c1-3-12-5-8-18-13(9-12)10-19(26-18)20(25)23-22-16(4-2)15-11-14(21)6-7-17(15)24/h6-7,10-12,24H,3-5,8-9H2,1-2H3,(H,23,25)/b22-16+/t12-/m0/s1. The van der Waals surface area contributed by atoms with E-state index >= 15 is 0 Å². The highest BCUT2D eigenvalue weighted by Gasteiger charge is 2.22. The molecule has 2 N–H and O–H groups in total. The van der Waals surface area contributed by atoms with Gasteiger partial charge < -0.3 is 5.11 Å². The minimum atomic E-state index is -0.457. The van der Waals surface area contributed by atoms with Crippen LogP contribution in [0.5, 0.6) is 5.75 Å². The molecule has 0 bridgehead atoms. The van der Waals surface area contributed by atoms with Gasteiger partial charge in [0.2, 0.25) is 0 Å². The minimum Gasteiger partial charge on any atom is -0.507 e. The molecule has 1 atom stereocenters. The molecule has 3 rings (SSSR count). The number of aryl methyl sites for hydroxylation is 1. The second-order valence-electron chi connectivity index (χ2n) is 6.59. The van der Waals surface area contributed by atoms with E-state index in [0.717, 1.165) is 19.3 Å². The van der Waals surface area contributed by atoms with Crippen LogP contribution in [-0.2, 0) is 12.8 Å². The second kappa shape index (κ2) is 7.99. The molecule has 0 fully saturated rings. The molecule has 138 valence electrons. The number of thiophene rings is 1. The fourth-order valence-corrected chi connectivity index (χ4v) is 4.40. The summed E-state index contributed by atoms with van der Waals surface area (Å²) in [5.41, 5.74) is 4.56. The van der Waals surface area contributed by atoms with Gasteiger partial charge >= 0.3 is 0 Å². The van der Waals surface area contributed by atoms with Gasteiger partial charge in [-0.2, -0.15) is 5.10 Å². The van der Waals surface area contributed by atoms with Crippen molar-refractivity contribution in [2.75, 3.05) is 0 Å². The average Bonchev–Trinajstić information content (AvgIpc) is 3.07. The van der Waals surface area contributed by atoms with Crippen molar-refractivity contribution >= 4 is 23.0 Å². The minimum absolute atomic E-state index is 0.0570. The fraction of sp³-hybridized carbons (Fsp3) is 0.400. The maximum absolute atomic E-state index is 13.4. The number of carbonyl (C=O) groups excluding carboxylic acids is 1. The summed E-state index contributed by atoms with van der Waals surface area (Å²) in [4.78, 5) is 14.4. The molecule has 1 heterocycles. The average molecular weight is 374 g/mol. The first-order chi connectivity index (χ1) is 12.5. The SMILES string of the molecule is CC/C(=N\NC(=O)c1cc2c(s1)CC[C@H](CC)C2)c1cc(F)ccc1O. The lowest BCUT2D eigenvalue weighted by atomic mass is 9.87. The lowest BCUT2D eigenvalue weighted by Gasteiger charge is -2.19. The van der Waals surface area contributed by atoms with Crippen LogP contribution in [0.2, 0.25) is 0 Å². The summed E-state index contributed by atoms with van der Waals surface area (Å²) in [6, 6.07) is 5.66. The zero-order chi connectivity index (χ0) is 18.7. The summed E-state index contributed by atoms with van der Waals surface area (Å²) in [5, 5.41) is 14.0. The van der Waals surface area contributed by atoms with Gasteiger partial charge in [-0.15, -0.1) is 11.3 Å². The van der Waals surface area contributed by atoms with Crippen LogP contribution in [0.1, 0.15) is 58.8 Å². The van der Waals surface area contributed by atoms with Crippen LogP contribution in [-0.4, -0.2) is 16.7 Å². The van der Waals surface area contributed by atoms with Gasteiger partial charge in [-0.25, -0.2) is 9.82 Å². The Kier molecular flexibility index (Phi) is 5.71. The highest BCUT2D eigenvalue weighted by atomic mass is 32.1. The zero-order valence-corrected chi connectivity index (χ0v) is 15.8. The van der Waals surface area contributed by atoms with Gasteiger partial charge in [0, 0.05) is 10.4 Å². The number of aromatic hydroxyl groups is 1. The molecule has 1 amide bonds. The van der Waals surface area contributed by atoms with Crippen molar-refractivity contribution in [2.45, 2.75) is 46.0 Å². The van der Waals surface area contributed by atoms with E-state index in [0.29, 0.717) is 28.5 Å². The topological polar surface area (TPSA) is 61.7 Å². The number of carbonyl (C=O) groups is 1. The number of hydrogen-bond donors (Lipinski definition) is 2. The van der Waals surface area contributed by atoms with Gasteiger partial charge in [0.1, 0.15) is 11.6 Å². The molecule has 4 nitrogen and oxygen atoms in total. The van der Waals surface area contributed by atoms with Crippen LogP contribution in [0, 0.1) is 11.7 Å². The first kappa shape index (κ1) is 18.6. The first-order valence-corrected chi connectivity index (χ1v) is 9.80. The van der Waals surface area contributed by atoms with Crippen LogP contribution in [0.25, 0.3) is 0 Å². The van der Waals surface area contributed by atoms with E-state index in [4.69, 9.17) is 0 Å². The molecule has 0 saturated heterocycles. The Labute approximate surface area is 156 Å². The maximum Gasteiger partial charge on any atom is 0.281 e. The van der Waals surface area contributed by atoms with E-state index in [1.54, 1.807) is 0 Å². The van der Waals surface area contributed by atoms with Crippen molar-refractivity contribution in [1.29, 1.82) is 0 Å². The molecule has 2 aromatic rings. The monoisotopic (exact) mass is 374 g/mol. The number of hydrazone groups is 1. The molecule has 0 aliphatic heterocycles. The molecule has 1 aliphatic rings. The van der Waals surface area contributed by atoms with E-state index in [-0.39, 0.29) is 11.7 Å². The zero-order valence-electron chi connectivity index (χ0n) is 15.0. The Balaban J connectivity index is 1.76. The van der Waals surface area contributed by atoms with Crippen molar-refractivity contribution in [3.8, 4) is 5.75 Å². The van der Waals surface area contributed by atoms with Gasteiger partial charge in [0.05, 0.1) is 10.6 Å². The summed E-state index contributed by atoms with van der Waals surface area (Å²) < 4.78 is 13.4. The third-order valence-corrected chi connectivity index (χ3v) is 6.12. The second-order valence-corrected chi connectivity index (χ2v) is 7.73. The normalized spacial score (nSPS) is 17.0. The van der Waals surface area contributed by atoms with Gasteiger partial charge in [-0.3, -0.25) is 4.79 Å². The fourth-order valence-electron chi connectivity index (χ4n) is 3.30. The highest BCUT2D eigenvalue weighted by Crippen LogP contribution is 2.33. The van der Waals surface area contributed by atoms with Crippen molar-refractivity contribution in [3.63, 3.8) is 0 Å². The van der Waals surface area contributed by atoms with Gasteiger partial charge in [-0.05, 0) is 61.4 Å². The summed E-state index contributed by atoms with van der Waals surface area (Å²) in [6.07, 6.45) is 4.87. The van der Waals surface area contributed by atoms with Gasteiger partial charge in [-0.1, -0.05) is 20.3 Å². The smallest absolute Gasteiger partial charge is 0.281 e. The van der Waals surface area contributed by atoms with Crippen molar-refractivity contribution in [1.82, 2.24) is 5.43 Å². The number of hydrogen-bond acceptors (Lipinski definition) is 4. The molecule has 26 heavy (non-hydrogen) atoms. The summed E-state index contributed by atoms with van der Waals surface area (Å²) in [5.74, 6) is -0.0758. The molecule has 0 radical (unpaired) electrons. The Bertz CT molecular complexity index is 844. The highest BCUT2D eigenvalue weighted by molar-refractivity contribution is 7.14. The number of benzene rings is 1. The molecule has 0 saturated carbocycles. The Morgan fingerprint density at radius 1 is 1.38 bits per heavy atom. The number of rotatable bonds is 5. The number of phenolic OH excluding ortho intramolecular Hbond substituents is 1. The number of amides is 1. The molecular weight excluding hydrogens is 351 g/mol. The molecule has 1 aromatic heterocycles. The Morgan fingerprint density at radius 2 is 2.19 bits per heavy atom. The molecule has 0 spiro atoms. The predicted molar refractivity (Wildman–Crippen MR) is 102 cm³/mol. The summed E-state index contributed by atoms with van der Waals surface area (Å²) >= 11 is 1.53. The number of nitrogens with one attached hydrogen (secondary N) is 1. The van der Waals surface area contributed by atoms with E-state index in [1.165, 1.54) is 46.4 Å². The Morgan fingerprint density at radius 3 is 2.92 bits per heavy atom. The number of fused-ring (bicyclic) bond motifs is 1. The number of phenols is 1. The maximum atomic E-state index is 13.4. The van der Waals surface area contributed by atoms with Crippen LogP contribution in [0.15, 0.2) is 29.4 Å². The van der Waals surface area contributed by atoms with E-state index in [9.17, 15) is 14.3 Å². The van der Waals surface area contributed by atoms with E-state index in [2.05, 4.69) is 17.5 Å². The Hall–Kier alpha value is -2.21. The first-order valence-electron chi connectivity index (χ1n) is 8.99. The lowest BCUT2D eigenvalue weighted by Crippen LogP contribution is -2.19. The molecule has 6 heteroatoms. The van der Waals surface area contributed by atoms with Crippen LogP contribution >= 0.6 is 11.3 Å². The quantitative estimate of drug-likeness (QED) is 0.591. The van der Waals surface area contributed by atoms with Crippen LogP contribution < -0.4 is 5.43 Å². The van der Waals surface area contributed by atoms with Crippen LogP contribution in [0.3, 0.4) is 0 Å². The largest absolute Gasteiger partial charge is 0.507 e. The van der Waals surface area contributed by atoms with Gasteiger partial charge in [0.15, 0.2) is 0 Å².